The van der Waals surface area contributed by atoms with Crippen molar-refractivity contribution in [2.45, 2.75) is 19.9 Å². The summed E-state index contributed by atoms with van der Waals surface area (Å²) in [6, 6.07) is 3.75. The standard InChI is InChI=1S/C13H14FNO3/c1-7(6-16)15-13(17)12-8(2)10-5-9(14)3-4-11(10)18-12/h3-5,7,16H,6H2,1-2H3,(H,15,17). The molecule has 0 aliphatic rings. The Bertz CT molecular complexity index is 591. The fraction of sp³-hybridized carbons (Fsp3) is 0.308. The van der Waals surface area contributed by atoms with Crippen LogP contribution in [0.15, 0.2) is 22.6 Å². The monoisotopic (exact) mass is 251 g/mol. The fourth-order valence-corrected chi connectivity index (χ4v) is 1.74. The first-order valence-electron chi connectivity index (χ1n) is 5.63. The van der Waals surface area contributed by atoms with E-state index in [0.717, 1.165) is 0 Å². The molecule has 4 nitrogen and oxygen atoms in total. The average Bonchev–Trinajstić information content (AvgIpc) is 2.66. The molecule has 0 bridgehead atoms. The third-order valence-electron chi connectivity index (χ3n) is 2.76. The third-order valence-corrected chi connectivity index (χ3v) is 2.76. The number of nitrogens with one attached hydrogen (secondary N) is 1. The second-order valence-electron chi connectivity index (χ2n) is 4.25. The zero-order valence-electron chi connectivity index (χ0n) is 10.2. The van der Waals surface area contributed by atoms with Crippen LogP contribution in [0.5, 0.6) is 0 Å². The summed E-state index contributed by atoms with van der Waals surface area (Å²) in [5.74, 6) is -0.636. The molecular weight excluding hydrogens is 237 g/mol. The molecule has 96 valence electrons. The number of aryl methyl sites for hydroxylation is 1. The van der Waals surface area contributed by atoms with Crippen LogP contribution in [-0.2, 0) is 0 Å². The van der Waals surface area contributed by atoms with Crippen LogP contribution in [0.25, 0.3) is 11.0 Å². The fourth-order valence-electron chi connectivity index (χ4n) is 1.74. The molecule has 0 saturated heterocycles. The van der Waals surface area contributed by atoms with Crippen molar-refractivity contribution in [3.05, 3.63) is 35.3 Å². The smallest absolute Gasteiger partial charge is 0.287 e. The minimum Gasteiger partial charge on any atom is -0.451 e. The number of carbonyl (C=O) groups excluding carboxylic acids is 1. The number of carbonyl (C=O) groups is 1. The highest BCUT2D eigenvalue weighted by Gasteiger charge is 2.19. The molecule has 1 heterocycles. The Balaban J connectivity index is 2.40. The Kier molecular flexibility index (Phi) is 3.34. The summed E-state index contributed by atoms with van der Waals surface area (Å²) in [7, 11) is 0. The first-order chi connectivity index (χ1) is 8.52. The molecule has 1 amide bonds. The lowest BCUT2D eigenvalue weighted by Gasteiger charge is -2.09. The van der Waals surface area contributed by atoms with Crippen LogP contribution in [0.4, 0.5) is 4.39 Å². The van der Waals surface area contributed by atoms with Crippen molar-refractivity contribution in [1.29, 1.82) is 0 Å². The molecule has 0 fully saturated rings. The zero-order chi connectivity index (χ0) is 13.3. The van der Waals surface area contributed by atoms with Crippen molar-refractivity contribution in [1.82, 2.24) is 5.32 Å². The summed E-state index contributed by atoms with van der Waals surface area (Å²) in [6.45, 7) is 3.22. The van der Waals surface area contributed by atoms with Gasteiger partial charge >= 0.3 is 0 Å². The summed E-state index contributed by atoms with van der Waals surface area (Å²) >= 11 is 0. The maximum absolute atomic E-state index is 13.1. The largest absolute Gasteiger partial charge is 0.451 e. The van der Waals surface area contributed by atoms with Crippen molar-refractivity contribution in [3.63, 3.8) is 0 Å². The van der Waals surface area contributed by atoms with Gasteiger partial charge in [-0.05, 0) is 32.0 Å². The van der Waals surface area contributed by atoms with Crippen molar-refractivity contribution >= 4 is 16.9 Å². The van der Waals surface area contributed by atoms with E-state index in [4.69, 9.17) is 9.52 Å². The van der Waals surface area contributed by atoms with E-state index in [9.17, 15) is 9.18 Å². The molecule has 0 aliphatic heterocycles. The van der Waals surface area contributed by atoms with Crippen LogP contribution in [0.2, 0.25) is 0 Å². The second kappa shape index (κ2) is 4.78. The van der Waals surface area contributed by atoms with Crippen LogP contribution in [-0.4, -0.2) is 23.7 Å². The molecule has 1 atom stereocenters. The van der Waals surface area contributed by atoms with Crippen LogP contribution in [0.1, 0.15) is 23.0 Å². The molecule has 1 aromatic carbocycles. The molecule has 1 aromatic heterocycles. The van der Waals surface area contributed by atoms with Gasteiger partial charge in [0, 0.05) is 17.0 Å². The van der Waals surface area contributed by atoms with Gasteiger partial charge in [0.1, 0.15) is 11.4 Å². The molecule has 2 N–H and O–H groups in total. The first kappa shape index (κ1) is 12.6. The molecule has 2 aromatic rings. The van der Waals surface area contributed by atoms with Crippen LogP contribution < -0.4 is 5.32 Å². The van der Waals surface area contributed by atoms with E-state index in [1.54, 1.807) is 13.8 Å². The lowest BCUT2D eigenvalue weighted by Crippen LogP contribution is -2.35. The highest BCUT2D eigenvalue weighted by Crippen LogP contribution is 2.25. The normalized spacial score (nSPS) is 12.7. The van der Waals surface area contributed by atoms with Gasteiger partial charge in [0.05, 0.1) is 6.61 Å². The topological polar surface area (TPSA) is 62.5 Å². The van der Waals surface area contributed by atoms with Crippen molar-refractivity contribution in [3.8, 4) is 0 Å². The number of fused-ring (bicyclic) bond motifs is 1. The lowest BCUT2D eigenvalue weighted by molar-refractivity contribution is 0.0895. The van der Waals surface area contributed by atoms with E-state index in [2.05, 4.69) is 5.32 Å². The summed E-state index contributed by atoms with van der Waals surface area (Å²) in [6.07, 6.45) is 0. The summed E-state index contributed by atoms with van der Waals surface area (Å²) < 4.78 is 18.5. The van der Waals surface area contributed by atoms with Gasteiger partial charge in [-0.3, -0.25) is 4.79 Å². The maximum Gasteiger partial charge on any atom is 0.287 e. The van der Waals surface area contributed by atoms with E-state index in [0.29, 0.717) is 16.5 Å². The van der Waals surface area contributed by atoms with Gasteiger partial charge in [-0.2, -0.15) is 0 Å². The summed E-state index contributed by atoms with van der Waals surface area (Å²) in [5, 5.41) is 12.0. The highest BCUT2D eigenvalue weighted by atomic mass is 19.1. The molecular formula is C13H14FNO3. The van der Waals surface area contributed by atoms with Crippen molar-refractivity contribution < 1.29 is 18.7 Å². The van der Waals surface area contributed by atoms with E-state index in [-0.39, 0.29) is 24.2 Å². The van der Waals surface area contributed by atoms with Crippen LogP contribution in [0.3, 0.4) is 0 Å². The molecule has 0 spiro atoms. The van der Waals surface area contributed by atoms with Gasteiger partial charge in [-0.25, -0.2) is 4.39 Å². The van der Waals surface area contributed by atoms with Gasteiger partial charge in [0.25, 0.3) is 5.91 Å². The van der Waals surface area contributed by atoms with Gasteiger partial charge < -0.3 is 14.8 Å². The van der Waals surface area contributed by atoms with Crippen LogP contribution in [0, 0.1) is 12.7 Å². The number of amides is 1. The van der Waals surface area contributed by atoms with E-state index >= 15 is 0 Å². The molecule has 18 heavy (non-hydrogen) atoms. The Hall–Kier alpha value is -1.88. The number of rotatable bonds is 3. The molecule has 5 heteroatoms. The average molecular weight is 251 g/mol. The maximum atomic E-state index is 13.1. The number of hydrogen-bond acceptors (Lipinski definition) is 3. The summed E-state index contributed by atoms with van der Waals surface area (Å²) in [4.78, 5) is 11.9. The Morgan fingerprint density at radius 1 is 1.56 bits per heavy atom. The zero-order valence-corrected chi connectivity index (χ0v) is 10.2. The Labute approximate surface area is 103 Å². The lowest BCUT2D eigenvalue weighted by atomic mass is 10.1. The van der Waals surface area contributed by atoms with Gasteiger partial charge in [-0.15, -0.1) is 0 Å². The summed E-state index contributed by atoms with van der Waals surface area (Å²) in [5.41, 5.74) is 1.06. The second-order valence-corrected chi connectivity index (χ2v) is 4.25. The Morgan fingerprint density at radius 2 is 2.28 bits per heavy atom. The minimum atomic E-state index is -0.411. The van der Waals surface area contributed by atoms with Gasteiger partial charge in [0.2, 0.25) is 0 Å². The first-order valence-corrected chi connectivity index (χ1v) is 5.63. The van der Waals surface area contributed by atoms with E-state index < -0.39 is 5.91 Å². The number of aliphatic hydroxyl groups is 1. The predicted molar refractivity (Wildman–Crippen MR) is 64.9 cm³/mol. The predicted octanol–water partition coefficient (Wildman–Crippen LogP) is 1.99. The van der Waals surface area contributed by atoms with Crippen molar-refractivity contribution in [2.75, 3.05) is 6.61 Å². The van der Waals surface area contributed by atoms with Crippen molar-refractivity contribution in [2.24, 2.45) is 0 Å². The third kappa shape index (κ3) is 2.22. The number of benzene rings is 1. The highest BCUT2D eigenvalue weighted by molar-refractivity contribution is 5.99. The Morgan fingerprint density at radius 3 is 2.94 bits per heavy atom. The van der Waals surface area contributed by atoms with E-state index in [1.807, 2.05) is 0 Å². The van der Waals surface area contributed by atoms with Crippen LogP contribution >= 0.6 is 0 Å². The molecule has 0 aliphatic carbocycles. The van der Waals surface area contributed by atoms with Gasteiger partial charge in [0.15, 0.2) is 5.76 Å². The molecule has 2 rings (SSSR count). The van der Waals surface area contributed by atoms with Gasteiger partial charge in [-0.1, -0.05) is 0 Å². The minimum absolute atomic E-state index is 0.149. The quantitative estimate of drug-likeness (QED) is 0.876. The number of halogens is 1. The SMILES string of the molecule is Cc1c(C(=O)NC(C)CO)oc2ccc(F)cc12. The number of furan rings is 1. The molecule has 0 saturated carbocycles. The molecule has 1 unspecified atom stereocenters. The number of aliphatic hydroxyl groups excluding tert-OH is 1. The van der Waals surface area contributed by atoms with E-state index in [1.165, 1.54) is 18.2 Å². The molecule has 0 radical (unpaired) electrons. The number of hydrogen-bond donors (Lipinski definition) is 2.